The lowest BCUT2D eigenvalue weighted by atomic mass is 10.1. The molecule has 0 unspecified atom stereocenters. The minimum Gasteiger partial charge on any atom is -0.495 e. The van der Waals surface area contributed by atoms with Crippen molar-refractivity contribution in [3.05, 3.63) is 65.7 Å². The van der Waals surface area contributed by atoms with Gasteiger partial charge >= 0.3 is 13.8 Å². The van der Waals surface area contributed by atoms with Gasteiger partial charge in [0.2, 0.25) is 5.95 Å². The average molecular weight is 661 g/mol. The van der Waals surface area contributed by atoms with Crippen LogP contribution in [0.25, 0.3) is 11.3 Å². The number of aromatic nitrogens is 5. The molecular weight excluding hydrogens is 628 g/mol. The molecule has 1 amide bonds. The number of nitrogens with zero attached hydrogens (tertiary/aromatic N) is 5. The number of carbonyl (C=O) groups is 1. The Balaban J connectivity index is 1.64. The van der Waals surface area contributed by atoms with Gasteiger partial charge in [-0.25, -0.2) is 9.97 Å². The summed E-state index contributed by atoms with van der Waals surface area (Å²) < 4.78 is 74.5. The molecule has 1 aromatic carbocycles. The Kier molecular flexibility index (Phi) is 9.60. The smallest absolute Gasteiger partial charge is 0.421 e. The first-order valence-corrected chi connectivity index (χ1v) is 15.9. The highest BCUT2D eigenvalue weighted by Crippen LogP contribution is 2.52. The molecule has 0 radical (unpaired) electrons. The maximum atomic E-state index is 14.1. The van der Waals surface area contributed by atoms with E-state index in [9.17, 15) is 22.5 Å². The lowest BCUT2D eigenvalue weighted by Gasteiger charge is -2.21. The van der Waals surface area contributed by atoms with E-state index in [2.05, 4.69) is 36.0 Å². The van der Waals surface area contributed by atoms with Crippen LogP contribution in [0, 0.1) is 5.92 Å². The summed E-state index contributed by atoms with van der Waals surface area (Å²) in [7, 11) is -0.795. The van der Waals surface area contributed by atoms with Gasteiger partial charge in [0.15, 0.2) is 5.69 Å². The topological polar surface area (TPSA) is 154 Å². The molecular formula is C29H32F3N8O5P. The predicted octanol–water partition coefficient (Wildman–Crippen LogP) is 6.01. The summed E-state index contributed by atoms with van der Waals surface area (Å²) in [5, 5.41) is 12.4. The predicted molar refractivity (Wildman–Crippen MR) is 163 cm³/mol. The van der Waals surface area contributed by atoms with E-state index in [1.54, 1.807) is 48.3 Å². The van der Waals surface area contributed by atoms with Crippen LogP contribution in [-0.2, 0) is 32.5 Å². The number of methoxy groups -OCH3 is 1. The third kappa shape index (κ3) is 7.46. The maximum Gasteiger partial charge on any atom is 0.421 e. The number of hydrogen-bond donors (Lipinski definition) is 3. The van der Waals surface area contributed by atoms with E-state index in [1.807, 2.05) is 6.92 Å². The SMILES string of the molecule is CCO[P@@]1(=O)Cc2ccc(c(OC)c2)Nc2ncc(C(F)(F)F)c(n2)Nc2ccc(nc2C(=O)NC)-c2cnn(c2)C[C@H](C)CO1. The summed E-state index contributed by atoms with van der Waals surface area (Å²) in [6.07, 6.45) is -0.975. The second kappa shape index (κ2) is 13.4. The Morgan fingerprint density at radius 2 is 1.96 bits per heavy atom. The van der Waals surface area contributed by atoms with Gasteiger partial charge in [0.25, 0.3) is 5.91 Å². The first-order chi connectivity index (χ1) is 21.9. The van der Waals surface area contributed by atoms with Crippen molar-refractivity contribution in [2.75, 3.05) is 38.0 Å². The first kappa shape index (κ1) is 32.9. The summed E-state index contributed by atoms with van der Waals surface area (Å²) in [4.78, 5) is 25.3. The molecule has 8 rings (SSSR count). The number of benzene rings is 1. The Bertz CT molecular complexity index is 1780. The van der Waals surface area contributed by atoms with Crippen LogP contribution in [0.4, 0.5) is 36.3 Å². The van der Waals surface area contributed by atoms with Crippen LogP contribution in [0.1, 0.15) is 35.5 Å². The maximum absolute atomic E-state index is 14.1. The van der Waals surface area contributed by atoms with Gasteiger partial charge in [0, 0.05) is 31.5 Å². The van der Waals surface area contributed by atoms with Gasteiger partial charge in [-0.1, -0.05) is 13.0 Å². The van der Waals surface area contributed by atoms with Crippen molar-refractivity contribution in [3.8, 4) is 17.0 Å². The molecule has 3 N–H and O–H groups in total. The number of amides is 1. The highest BCUT2D eigenvalue weighted by atomic mass is 31.2. The zero-order valence-corrected chi connectivity index (χ0v) is 26.3. The van der Waals surface area contributed by atoms with Crippen LogP contribution in [-0.4, -0.2) is 58.0 Å². The van der Waals surface area contributed by atoms with Crippen LogP contribution in [0.5, 0.6) is 5.75 Å². The standard InChI is InChI=1S/C29H32F3N8O5P/c1-5-44-46(42)16-18-6-7-22(24(10-18)43-4)38-28-34-12-20(29(30,31)32)26(39-28)37-23-9-8-21(36-25(23)27(41)33-3)19-11-35-40(14-19)13-17(2)15-45-46/h6-12,14,17H,5,13,15-16H2,1-4H3,(H,33,41)(H2,34,37,38,39)/t17-,46-/m0/s1. The molecule has 0 fully saturated rings. The molecule has 0 saturated heterocycles. The molecule has 13 nitrogen and oxygen atoms in total. The highest BCUT2D eigenvalue weighted by Gasteiger charge is 2.36. The van der Waals surface area contributed by atoms with Gasteiger partial charge in [-0.2, -0.15) is 23.3 Å². The average Bonchev–Trinajstić information content (AvgIpc) is 3.48. The molecule has 2 atom stereocenters. The summed E-state index contributed by atoms with van der Waals surface area (Å²) in [5.74, 6) is -1.29. The molecule has 7 heterocycles. The number of halogens is 3. The Morgan fingerprint density at radius 1 is 1.17 bits per heavy atom. The van der Waals surface area contributed by atoms with Crippen molar-refractivity contribution in [2.24, 2.45) is 5.92 Å². The summed E-state index contributed by atoms with van der Waals surface area (Å²) in [6, 6.07) is 7.85. The van der Waals surface area contributed by atoms with E-state index in [0.717, 1.165) is 0 Å². The van der Waals surface area contributed by atoms with Crippen LogP contribution in [0.15, 0.2) is 48.9 Å². The molecule has 17 heteroatoms. The van der Waals surface area contributed by atoms with Crippen LogP contribution < -0.4 is 20.7 Å². The third-order valence-electron chi connectivity index (χ3n) is 6.88. The van der Waals surface area contributed by atoms with E-state index in [-0.39, 0.29) is 48.4 Å². The molecule has 46 heavy (non-hydrogen) atoms. The normalized spacial score (nSPS) is 18.5. The van der Waals surface area contributed by atoms with Crippen LogP contribution in [0.3, 0.4) is 0 Å². The van der Waals surface area contributed by atoms with Gasteiger partial charge in [-0.3, -0.25) is 14.0 Å². The fourth-order valence-electron chi connectivity index (χ4n) is 4.70. The van der Waals surface area contributed by atoms with E-state index in [4.69, 9.17) is 13.8 Å². The second-order valence-electron chi connectivity index (χ2n) is 10.4. The molecule has 4 aliphatic rings. The van der Waals surface area contributed by atoms with E-state index in [0.29, 0.717) is 35.2 Å². The number of rotatable bonds is 4. The first-order valence-electron chi connectivity index (χ1n) is 14.2. The fourth-order valence-corrected chi connectivity index (χ4v) is 6.48. The van der Waals surface area contributed by atoms with Crippen molar-refractivity contribution in [1.82, 2.24) is 30.0 Å². The minimum absolute atomic E-state index is 0.0146. The van der Waals surface area contributed by atoms with Crippen LogP contribution >= 0.6 is 7.60 Å². The molecule has 4 aromatic rings. The van der Waals surface area contributed by atoms with Crippen molar-refractivity contribution in [3.63, 3.8) is 0 Å². The largest absolute Gasteiger partial charge is 0.495 e. The number of nitrogens with one attached hydrogen (secondary N) is 3. The van der Waals surface area contributed by atoms with Gasteiger partial charge in [-0.15, -0.1) is 0 Å². The Labute approximate surface area is 262 Å². The number of ether oxygens (including phenoxy) is 1. The van der Waals surface area contributed by atoms with Crippen molar-refractivity contribution in [2.45, 2.75) is 32.7 Å². The number of alkyl halides is 3. The molecule has 3 aromatic heterocycles. The van der Waals surface area contributed by atoms with Crippen LogP contribution in [0.2, 0.25) is 0 Å². The fraction of sp³-hybridized carbons (Fsp3) is 0.345. The summed E-state index contributed by atoms with van der Waals surface area (Å²) in [6.45, 7) is 4.32. The second-order valence-corrected chi connectivity index (χ2v) is 12.5. The van der Waals surface area contributed by atoms with Crippen molar-refractivity contribution in [1.29, 1.82) is 0 Å². The number of hydrogen-bond acceptors (Lipinski definition) is 11. The summed E-state index contributed by atoms with van der Waals surface area (Å²) in [5.41, 5.74) is 0.491. The van der Waals surface area contributed by atoms with Gasteiger partial charge in [0.1, 0.15) is 17.1 Å². The van der Waals surface area contributed by atoms with Gasteiger partial charge in [0.05, 0.1) is 49.8 Å². The Morgan fingerprint density at radius 3 is 2.67 bits per heavy atom. The van der Waals surface area contributed by atoms with Crippen molar-refractivity contribution >= 4 is 36.6 Å². The zero-order chi connectivity index (χ0) is 33.1. The number of carbonyl (C=O) groups excluding carboxylic acids is 1. The molecule has 0 saturated carbocycles. The zero-order valence-electron chi connectivity index (χ0n) is 25.4. The molecule has 8 bridgehead atoms. The molecule has 244 valence electrons. The molecule has 4 aliphatic heterocycles. The van der Waals surface area contributed by atoms with E-state index in [1.165, 1.54) is 20.2 Å². The van der Waals surface area contributed by atoms with Gasteiger partial charge in [-0.05, 0) is 42.7 Å². The monoisotopic (exact) mass is 660 g/mol. The molecule has 0 aliphatic carbocycles. The molecule has 0 spiro atoms. The van der Waals surface area contributed by atoms with E-state index >= 15 is 0 Å². The quantitative estimate of drug-likeness (QED) is 0.221. The summed E-state index contributed by atoms with van der Waals surface area (Å²) >= 11 is 0. The van der Waals surface area contributed by atoms with Crippen molar-refractivity contribution < 1.29 is 36.3 Å². The van der Waals surface area contributed by atoms with Gasteiger partial charge < -0.3 is 29.7 Å². The lowest BCUT2D eigenvalue weighted by molar-refractivity contribution is -0.137. The highest BCUT2D eigenvalue weighted by molar-refractivity contribution is 7.53. The lowest BCUT2D eigenvalue weighted by Crippen LogP contribution is -2.21. The number of anilines is 4. The van der Waals surface area contributed by atoms with E-state index < -0.39 is 31.1 Å². The third-order valence-corrected chi connectivity index (χ3v) is 8.83. The number of pyridine rings is 1. The minimum atomic E-state index is -4.83. The Hall–Kier alpha value is -4.53.